The Morgan fingerprint density at radius 3 is 2.75 bits per heavy atom. The Bertz CT molecular complexity index is 162. The van der Waals surface area contributed by atoms with Crippen LogP contribution in [0.2, 0.25) is 0 Å². The van der Waals surface area contributed by atoms with Gasteiger partial charge in [0.25, 0.3) is 0 Å². The molecule has 1 aliphatic rings. The summed E-state index contributed by atoms with van der Waals surface area (Å²) in [5.74, 6) is -0.284. The number of esters is 1. The van der Waals surface area contributed by atoms with E-state index in [1.807, 2.05) is 14.0 Å². The molecule has 0 aromatic rings. The van der Waals surface area contributed by atoms with Gasteiger partial charge in [-0.3, -0.25) is 0 Å². The Morgan fingerprint density at radius 2 is 2.25 bits per heavy atom. The van der Waals surface area contributed by atoms with Gasteiger partial charge in [0, 0.05) is 13.1 Å². The lowest BCUT2D eigenvalue weighted by molar-refractivity contribution is -0.165. The molecule has 1 rings (SSSR count). The van der Waals surface area contributed by atoms with Crippen molar-refractivity contribution in [3.05, 3.63) is 0 Å². The van der Waals surface area contributed by atoms with Gasteiger partial charge in [0.1, 0.15) is 0 Å². The molecule has 0 unspecified atom stereocenters. The second-order valence-electron chi connectivity index (χ2n) is 3.18. The maximum Gasteiger partial charge on any atom is 0.336 e. The molecule has 1 heterocycles. The predicted molar refractivity (Wildman–Crippen MR) is 43.8 cm³/mol. The molecule has 4 heteroatoms. The molecule has 0 aliphatic carbocycles. The fourth-order valence-electron chi connectivity index (χ4n) is 1.42. The van der Waals surface area contributed by atoms with Gasteiger partial charge < -0.3 is 14.4 Å². The Labute approximate surface area is 72.4 Å². The van der Waals surface area contributed by atoms with Crippen LogP contribution in [-0.4, -0.2) is 50.3 Å². The zero-order valence-electron chi connectivity index (χ0n) is 7.74. The Morgan fingerprint density at radius 1 is 1.58 bits per heavy atom. The Balaban J connectivity index is 2.49. The minimum atomic E-state index is -0.413. The third-order valence-corrected chi connectivity index (χ3v) is 1.91. The topological polar surface area (TPSA) is 38.8 Å². The van der Waals surface area contributed by atoms with Crippen LogP contribution in [0.25, 0.3) is 0 Å². The van der Waals surface area contributed by atoms with Gasteiger partial charge in [0.2, 0.25) is 0 Å². The first-order valence-corrected chi connectivity index (χ1v) is 4.05. The number of rotatable bonds is 1. The van der Waals surface area contributed by atoms with E-state index in [0.717, 1.165) is 6.54 Å². The third-order valence-electron chi connectivity index (χ3n) is 1.91. The minimum absolute atomic E-state index is 0.104. The maximum atomic E-state index is 11.1. The van der Waals surface area contributed by atoms with E-state index in [-0.39, 0.29) is 12.1 Å². The minimum Gasteiger partial charge on any atom is -0.467 e. The van der Waals surface area contributed by atoms with Gasteiger partial charge >= 0.3 is 5.97 Å². The van der Waals surface area contributed by atoms with E-state index >= 15 is 0 Å². The van der Waals surface area contributed by atoms with E-state index in [2.05, 4.69) is 9.64 Å². The number of hydrogen-bond acceptors (Lipinski definition) is 4. The summed E-state index contributed by atoms with van der Waals surface area (Å²) in [6.45, 7) is 3.44. The van der Waals surface area contributed by atoms with Crippen LogP contribution in [0.5, 0.6) is 0 Å². The number of ether oxygens (including phenoxy) is 2. The summed E-state index contributed by atoms with van der Waals surface area (Å²) < 4.78 is 9.99. The highest BCUT2D eigenvalue weighted by Gasteiger charge is 2.28. The highest BCUT2D eigenvalue weighted by Crippen LogP contribution is 2.09. The average molecular weight is 173 g/mol. The monoisotopic (exact) mass is 173 g/mol. The standard InChI is InChI=1S/C8H15NO3/c1-6-4-9(2)5-7(12-6)8(10)11-3/h6-7H,4-5H2,1-3H3/t6-,7+/m0/s1. The summed E-state index contributed by atoms with van der Waals surface area (Å²) >= 11 is 0. The molecule has 2 atom stereocenters. The van der Waals surface area contributed by atoms with Crippen molar-refractivity contribution < 1.29 is 14.3 Å². The summed E-state index contributed by atoms with van der Waals surface area (Å²) in [5.41, 5.74) is 0. The Hall–Kier alpha value is -0.610. The van der Waals surface area contributed by atoms with E-state index in [1.54, 1.807) is 0 Å². The van der Waals surface area contributed by atoms with E-state index in [9.17, 15) is 4.79 Å². The molecule has 0 saturated carbocycles. The molecule has 0 spiro atoms. The zero-order chi connectivity index (χ0) is 9.14. The summed E-state index contributed by atoms with van der Waals surface area (Å²) in [4.78, 5) is 13.1. The molecule has 12 heavy (non-hydrogen) atoms. The first-order valence-electron chi connectivity index (χ1n) is 4.05. The first kappa shape index (κ1) is 9.48. The number of carbonyl (C=O) groups excluding carboxylic acids is 1. The van der Waals surface area contributed by atoms with Gasteiger partial charge in [0.15, 0.2) is 6.10 Å². The van der Waals surface area contributed by atoms with Gasteiger partial charge in [-0.05, 0) is 14.0 Å². The molecule has 0 bridgehead atoms. The van der Waals surface area contributed by atoms with Crippen LogP contribution in [0.15, 0.2) is 0 Å². The molecular weight excluding hydrogens is 158 g/mol. The molecule has 0 radical (unpaired) electrons. The number of methoxy groups -OCH3 is 1. The molecule has 1 saturated heterocycles. The Kier molecular flexibility index (Phi) is 3.05. The van der Waals surface area contributed by atoms with Crippen LogP contribution in [0.1, 0.15) is 6.92 Å². The van der Waals surface area contributed by atoms with Crippen molar-refractivity contribution in [1.29, 1.82) is 0 Å². The highest BCUT2D eigenvalue weighted by atomic mass is 16.6. The fourth-order valence-corrected chi connectivity index (χ4v) is 1.42. The highest BCUT2D eigenvalue weighted by molar-refractivity contribution is 5.74. The van der Waals surface area contributed by atoms with Crippen molar-refractivity contribution in [3.63, 3.8) is 0 Å². The van der Waals surface area contributed by atoms with E-state index in [4.69, 9.17) is 4.74 Å². The van der Waals surface area contributed by atoms with Crippen molar-refractivity contribution in [2.45, 2.75) is 19.1 Å². The molecule has 4 nitrogen and oxygen atoms in total. The van der Waals surface area contributed by atoms with Crippen molar-refractivity contribution in [3.8, 4) is 0 Å². The van der Waals surface area contributed by atoms with Crippen LogP contribution in [0, 0.1) is 0 Å². The summed E-state index contributed by atoms with van der Waals surface area (Å²) in [5, 5.41) is 0. The number of hydrogen-bond donors (Lipinski definition) is 0. The van der Waals surface area contributed by atoms with Crippen LogP contribution in [0.4, 0.5) is 0 Å². The van der Waals surface area contributed by atoms with Crippen molar-refractivity contribution in [2.24, 2.45) is 0 Å². The summed E-state index contributed by atoms with van der Waals surface area (Å²) in [7, 11) is 3.35. The third kappa shape index (κ3) is 2.19. The summed E-state index contributed by atoms with van der Waals surface area (Å²) in [6.07, 6.45) is -0.309. The van der Waals surface area contributed by atoms with Gasteiger partial charge in [-0.1, -0.05) is 0 Å². The van der Waals surface area contributed by atoms with E-state index in [0.29, 0.717) is 6.54 Å². The normalized spacial score (nSPS) is 31.6. The fraction of sp³-hybridized carbons (Fsp3) is 0.875. The van der Waals surface area contributed by atoms with Crippen molar-refractivity contribution >= 4 is 5.97 Å². The van der Waals surface area contributed by atoms with Gasteiger partial charge in [0.05, 0.1) is 13.2 Å². The van der Waals surface area contributed by atoms with Crippen molar-refractivity contribution in [1.82, 2.24) is 4.90 Å². The van der Waals surface area contributed by atoms with Crippen LogP contribution >= 0.6 is 0 Å². The van der Waals surface area contributed by atoms with Gasteiger partial charge in [-0.25, -0.2) is 4.79 Å². The summed E-state index contributed by atoms with van der Waals surface area (Å²) in [6, 6.07) is 0. The van der Waals surface area contributed by atoms with Crippen LogP contribution in [-0.2, 0) is 14.3 Å². The molecule has 0 N–H and O–H groups in total. The maximum absolute atomic E-state index is 11.1. The second kappa shape index (κ2) is 3.87. The molecule has 0 aromatic heterocycles. The predicted octanol–water partition coefficient (Wildman–Crippen LogP) is -0.122. The first-order chi connectivity index (χ1) is 5.63. The molecule has 0 amide bonds. The SMILES string of the molecule is COC(=O)[C@H]1CN(C)C[C@H](C)O1. The lowest BCUT2D eigenvalue weighted by Gasteiger charge is -2.32. The number of likely N-dealkylation sites (N-methyl/N-ethyl adjacent to an activating group) is 1. The number of morpholine rings is 1. The van der Waals surface area contributed by atoms with Gasteiger partial charge in [-0.15, -0.1) is 0 Å². The van der Waals surface area contributed by atoms with Crippen molar-refractivity contribution in [2.75, 3.05) is 27.2 Å². The van der Waals surface area contributed by atoms with E-state index in [1.165, 1.54) is 7.11 Å². The van der Waals surface area contributed by atoms with Gasteiger partial charge in [-0.2, -0.15) is 0 Å². The van der Waals surface area contributed by atoms with Crippen LogP contribution in [0.3, 0.4) is 0 Å². The average Bonchev–Trinajstić information content (AvgIpc) is 2.01. The lowest BCUT2D eigenvalue weighted by atomic mass is 10.2. The molecule has 1 aliphatic heterocycles. The quantitative estimate of drug-likeness (QED) is 0.518. The van der Waals surface area contributed by atoms with E-state index < -0.39 is 6.10 Å². The zero-order valence-corrected chi connectivity index (χ0v) is 7.74. The lowest BCUT2D eigenvalue weighted by Crippen LogP contribution is -2.48. The largest absolute Gasteiger partial charge is 0.467 e. The second-order valence-corrected chi connectivity index (χ2v) is 3.18. The van der Waals surface area contributed by atoms with Crippen LogP contribution < -0.4 is 0 Å². The molecular formula is C8H15NO3. The number of nitrogens with zero attached hydrogens (tertiary/aromatic N) is 1. The molecule has 0 aromatic carbocycles. The molecule has 70 valence electrons. The molecule has 1 fully saturated rings. The smallest absolute Gasteiger partial charge is 0.336 e. The number of carbonyl (C=O) groups is 1.